The van der Waals surface area contributed by atoms with Crippen molar-refractivity contribution in [2.75, 3.05) is 20.1 Å². The molecular weight excluding hydrogens is 260 g/mol. The van der Waals surface area contributed by atoms with Crippen LogP contribution in [0.5, 0.6) is 0 Å². The summed E-state index contributed by atoms with van der Waals surface area (Å²) in [6.45, 7) is 9.66. The van der Waals surface area contributed by atoms with Crippen molar-refractivity contribution < 1.29 is 4.42 Å². The number of hydrogen-bond donors (Lipinski definition) is 1. The maximum Gasteiger partial charge on any atom is 0.134 e. The average molecular weight is 288 g/mol. The molecule has 1 aromatic carbocycles. The summed E-state index contributed by atoms with van der Waals surface area (Å²) in [5.41, 5.74) is 2.29. The van der Waals surface area contributed by atoms with Crippen LogP contribution < -0.4 is 5.32 Å². The predicted octanol–water partition coefficient (Wildman–Crippen LogP) is 3.95. The largest absolute Gasteiger partial charge is 0.461 e. The van der Waals surface area contributed by atoms with Crippen LogP contribution in [-0.4, -0.2) is 31.1 Å². The number of nitrogens with one attached hydrogen (secondary N) is 1. The summed E-state index contributed by atoms with van der Waals surface area (Å²) < 4.78 is 5.79. The first-order chi connectivity index (χ1) is 10.1. The molecule has 21 heavy (non-hydrogen) atoms. The second-order valence-corrected chi connectivity index (χ2v) is 6.09. The van der Waals surface area contributed by atoms with Gasteiger partial charge in [0.2, 0.25) is 0 Å². The van der Waals surface area contributed by atoms with E-state index in [0.717, 1.165) is 24.4 Å². The van der Waals surface area contributed by atoms with Crippen molar-refractivity contribution in [1.29, 1.82) is 0 Å². The summed E-state index contributed by atoms with van der Waals surface area (Å²) in [6.07, 6.45) is 2.46. The van der Waals surface area contributed by atoms with Crippen LogP contribution in [0.15, 0.2) is 28.7 Å². The Labute approximate surface area is 128 Å². The number of unbranched alkanes of at least 4 members (excludes halogenated alkanes) is 1. The van der Waals surface area contributed by atoms with Crippen LogP contribution in [0.4, 0.5) is 0 Å². The molecule has 1 heterocycles. The van der Waals surface area contributed by atoms with Crippen LogP contribution >= 0.6 is 0 Å². The van der Waals surface area contributed by atoms with E-state index in [4.69, 9.17) is 4.42 Å². The van der Waals surface area contributed by atoms with Gasteiger partial charge in [0.15, 0.2) is 0 Å². The molecule has 2 aromatic rings. The van der Waals surface area contributed by atoms with Crippen LogP contribution in [0, 0.1) is 6.92 Å². The third-order valence-electron chi connectivity index (χ3n) is 4.20. The van der Waals surface area contributed by atoms with Crippen molar-refractivity contribution in [2.24, 2.45) is 0 Å². The third-order valence-corrected chi connectivity index (χ3v) is 4.20. The molecule has 0 radical (unpaired) electrons. The van der Waals surface area contributed by atoms with Gasteiger partial charge in [-0.05, 0) is 59.8 Å². The zero-order chi connectivity index (χ0) is 15.2. The van der Waals surface area contributed by atoms with Gasteiger partial charge < -0.3 is 14.6 Å². The van der Waals surface area contributed by atoms with Gasteiger partial charge in [-0.3, -0.25) is 0 Å². The Bertz CT molecular complexity index is 559. The summed E-state index contributed by atoms with van der Waals surface area (Å²) in [6, 6.07) is 8.91. The van der Waals surface area contributed by atoms with Crippen molar-refractivity contribution in [2.45, 2.75) is 46.2 Å². The highest BCUT2D eigenvalue weighted by Gasteiger charge is 2.09. The quantitative estimate of drug-likeness (QED) is 0.746. The number of furan rings is 1. The molecule has 1 aromatic heterocycles. The van der Waals surface area contributed by atoms with Gasteiger partial charge in [0.1, 0.15) is 11.3 Å². The third kappa shape index (κ3) is 4.32. The SMILES string of the molecule is Cc1oc2ccccc2c1CNCCCCN(C)C(C)C. The second-order valence-electron chi connectivity index (χ2n) is 6.09. The standard InChI is InChI=1S/C18H28N2O/c1-14(2)20(4)12-8-7-11-19-13-17-15(3)21-18-10-6-5-9-16(17)18/h5-6,9-10,14,19H,7-8,11-13H2,1-4H3. The lowest BCUT2D eigenvalue weighted by Gasteiger charge is -2.20. The molecule has 0 atom stereocenters. The number of hydrogen-bond acceptors (Lipinski definition) is 3. The summed E-state index contributed by atoms with van der Waals surface area (Å²) in [4.78, 5) is 2.40. The van der Waals surface area contributed by atoms with Crippen molar-refractivity contribution in [3.05, 3.63) is 35.6 Å². The first-order valence-electron chi connectivity index (χ1n) is 7.97. The number of para-hydroxylation sites is 1. The first kappa shape index (κ1) is 16.1. The summed E-state index contributed by atoms with van der Waals surface area (Å²) in [5.74, 6) is 1.03. The lowest BCUT2D eigenvalue weighted by atomic mass is 10.1. The molecule has 0 bridgehead atoms. The molecule has 116 valence electrons. The van der Waals surface area contributed by atoms with Crippen molar-refractivity contribution in [1.82, 2.24) is 10.2 Å². The molecule has 0 unspecified atom stereocenters. The molecule has 0 saturated heterocycles. The Hall–Kier alpha value is -1.32. The fraction of sp³-hybridized carbons (Fsp3) is 0.556. The number of aryl methyl sites for hydroxylation is 1. The first-order valence-corrected chi connectivity index (χ1v) is 7.97. The Morgan fingerprint density at radius 2 is 1.95 bits per heavy atom. The number of benzene rings is 1. The second kappa shape index (κ2) is 7.62. The van der Waals surface area contributed by atoms with Gasteiger partial charge in [0.25, 0.3) is 0 Å². The molecule has 0 aliphatic carbocycles. The maximum absolute atomic E-state index is 5.79. The van der Waals surface area contributed by atoms with E-state index in [1.807, 2.05) is 12.1 Å². The number of nitrogens with zero attached hydrogens (tertiary/aromatic N) is 1. The molecule has 3 heteroatoms. The van der Waals surface area contributed by atoms with Gasteiger partial charge in [-0.2, -0.15) is 0 Å². The van der Waals surface area contributed by atoms with Gasteiger partial charge in [0, 0.05) is 23.5 Å². The molecule has 0 fully saturated rings. The van der Waals surface area contributed by atoms with Gasteiger partial charge in [-0.15, -0.1) is 0 Å². The van der Waals surface area contributed by atoms with Crippen molar-refractivity contribution in [3.8, 4) is 0 Å². The predicted molar refractivity (Wildman–Crippen MR) is 89.7 cm³/mol. The van der Waals surface area contributed by atoms with E-state index >= 15 is 0 Å². The minimum atomic E-state index is 0.637. The highest BCUT2D eigenvalue weighted by molar-refractivity contribution is 5.82. The highest BCUT2D eigenvalue weighted by Crippen LogP contribution is 2.24. The van der Waals surface area contributed by atoms with Gasteiger partial charge >= 0.3 is 0 Å². The zero-order valence-corrected chi connectivity index (χ0v) is 13.8. The van der Waals surface area contributed by atoms with Gasteiger partial charge in [-0.1, -0.05) is 18.2 Å². The van der Waals surface area contributed by atoms with Crippen LogP contribution in [0.1, 0.15) is 38.0 Å². The lowest BCUT2D eigenvalue weighted by Crippen LogP contribution is -2.27. The van der Waals surface area contributed by atoms with E-state index in [0.29, 0.717) is 6.04 Å². The number of rotatable bonds is 8. The molecular formula is C18H28N2O. The van der Waals surface area contributed by atoms with Gasteiger partial charge in [-0.25, -0.2) is 0 Å². The van der Waals surface area contributed by atoms with Gasteiger partial charge in [0.05, 0.1) is 0 Å². The monoisotopic (exact) mass is 288 g/mol. The van der Waals surface area contributed by atoms with E-state index in [-0.39, 0.29) is 0 Å². The van der Waals surface area contributed by atoms with Crippen LogP contribution in [-0.2, 0) is 6.54 Å². The minimum Gasteiger partial charge on any atom is -0.461 e. The van der Waals surface area contributed by atoms with Crippen molar-refractivity contribution in [3.63, 3.8) is 0 Å². The van der Waals surface area contributed by atoms with Crippen molar-refractivity contribution >= 4 is 11.0 Å². The zero-order valence-electron chi connectivity index (χ0n) is 13.8. The van der Waals surface area contributed by atoms with E-state index < -0.39 is 0 Å². The minimum absolute atomic E-state index is 0.637. The van der Waals surface area contributed by atoms with Crippen LogP contribution in [0.3, 0.4) is 0 Å². The molecule has 0 spiro atoms. The topological polar surface area (TPSA) is 28.4 Å². The Balaban J connectivity index is 1.74. The molecule has 0 aliphatic rings. The summed E-state index contributed by atoms with van der Waals surface area (Å²) in [5, 5.41) is 4.78. The Kier molecular flexibility index (Phi) is 5.83. The summed E-state index contributed by atoms with van der Waals surface area (Å²) >= 11 is 0. The Morgan fingerprint density at radius 1 is 1.19 bits per heavy atom. The molecule has 0 aliphatic heterocycles. The van der Waals surface area contributed by atoms with E-state index in [1.54, 1.807) is 0 Å². The molecule has 0 saturated carbocycles. The molecule has 0 amide bonds. The maximum atomic E-state index is 5.79. The number of fused-ring (bicyclic) bond motifs is 1. The average Bonchev–Trinajstić information content (AvgIpc) is 2.78. The normalized spacial score (nSPS) is 11.9. The molecule has 2 rings (SSSR count). The van der Waals surface area contributed by atoms with Crippen LogP contribution in [0.25, 0.3) is 11.0 Å². The fourth-order valence-corrected chi connectivity index (χ4v) is 2.52. The fourth-order valence-electron chi connectivity index (χ4n) is 2.52. The Morgan fingerprint density at radius 3 is 2.71 bits per heavy atom. The van der Waals surface area contributed by atoms with E-state index in [9.17, 15) is 0 Å². The smallest absolute Gasteiger partial charge is 0.134 e. The molecule has 1 N–H and O–H groups in total. The molecule has 3 nitrogen and oxygen atoms in total. The van der Waals surface area contributed by atoms with E-state index in [2.05, 4.69) is 50.2 Å². The summed E-state index contributed by atoms with van der Waals surface area (Å²) in [7, 11) is 2.19. The van der Waals surface area contributed by atoms with E-state index in [1.165, 1.54) is 30.3 Å². The highest BCUT2D eigenvalue weighted by atomic mass is 16.3. The van der Waals surface area contributed by atoms with Crippen LogP contribution in [0.2, 0.25) is 0 Å². The lowest BCUT2D eigenvalue weighted by molar-refractivity contribution is 0.268.